The fraction of sp³-hybridized carbons (Fsp3) is 0.429. The molecule has 0 aromatic heterocycles. The molecule has 21 heavy (non-hydrogen) atoms. The number of para-hydroxylation sites is 1. The first-order chi connectivity index (χ1) is 9.93. The Morgan fingerprint density at radius 1 is 1.52 bits per heavy atom. The average molecular weight is 297 g/mol. The monoisotopic (exact) mass is 297 g/mol. The fourth-order valence-electron chi connectivity index (χ4n) is 2.03. The van der Waals surface area contributed by atoms with Gasteiger partial charge in [-0.1, -0.05) is 12.1 Å². The molecule has 2 N–H and O–H groups in total. The molecule has 7 heteroatoms. The lowest BCUT2D eigenvalue weighted by atomic mass is 9.85. The van der Waals surface area contributed by atoms with Crippen molar-refractivity contribution in [3.05, 3.63) is 30.1 Å². The molecule has 6 nitrogen and oxygen atoms in total. The van der Waals surface area contributed by atoms with E-state index in [1.807, 2.05) is 0 Å². The number of ether oxygens (including phenoxy) is 2. The summed E-state index contributed by atoms with van der Waals surface area (Å²) in [5.74, 6) is -2.16. The summed E-state index contributed by atoms with van der Waals surface area (Å²) in [6, 6.07) is 5.08. The van der Waals surface area contributed by atoms with E-state index in [-0.39, 0.29) is 19.0 Å². The highest BCUT2D eigenvalue weighted by Crippen LogP contribution is 2.28. The van der Waals surface area contributed by atoms with Crippen molar-refractivity contribution in [3.8, 4) is 5.75 Å². The molecule has 0 aliphatic carbocycles. The number of nitrogens with one attached hydrogen (secondary N) is 1. The minimum Gasteiger partial charge on any atom is -0.481 e. The predicted octanol–water partition coefficient (Wildman–Crippen LogP) is 0.810. The van der Waals surface area contributed by atoms with Crippen LogP contribution in [0.3, 0.4) is 0 Å². The van der Waals surface area contributed by atoms with Crippen LogP contribution in [-0.2, 0) is 14.3 Å². The van der Waals surface area contributed by atoms with Crippen LogP contribution in [0.2, 0.25) is 0 Å². The largest absolute Gasteiger partial charge is 0.481 e. The maximum Gasteiger partial charge on any atom is 0.313 e. The Labute approximate surface area is 120 Å². The van der Waals surface area contributed by atoms with E-state index in [0.717, 1.165) is 0 Å². The highest BCUT2D eigenvalue weighted by atomic mass is 19.1. The Balaban J connectivity index is 1.90. The highest BCUT2D eigenvalue weighted by Gasteiger charge is 2.47. The summed E-state index contributed by atoms with van der Waals surface area (Å²) in [4.78, 5) is 23.0. The van der Waals surface area contributed by atoms with Crippen molar-refractivity contribution in [3.63, 3.8) is 0 Å². The van der Waals surface area contributed by atoms with Crippen molar-refractivity contribution in [2.24, 2.45) is 5.41 Å². The third-order valence-electron chi connectivity index (χ3n) is 3.47. The molecule has 1 aliphatic heterocycles. The van der Waals surface area contributed by atoms with E-state index in [2.05, 4.69) is 5.32 Å². The summed E-state index contributed by atoms with van der Waals surface area (Å²) in [5.41, 5.74) is -1.17. The SMILES string of the molecule is CC1(C(=O)O)COCC1NC(=O)COc1ccccc1F. The van der Waals surface area contributed by atoms with Gasteiger partial charge in [0.15, 0.2) is 18.2 Å². The molecule has 1 heterocycles. The molecule has 0 spiro atoms. The molecule has 2 atom stereocenters. The molecule has 1 fully saturated rings. The number of carboxylic acids is 1. The molecule has 1 amide bonds. The van der Waals surface area contributed by atoms with Gasteiger partial charge in [0.25, 0.3) is 5.91 Å². The molecular formula is C14H16FNO5. The van der Waals surface area contributed by atoms with Crippen molar-refractivity contribution in [2.75, 3.05) is 19.8 Å². The van der Waals surface area contributed by atoms with E-state index in [1.54, 1.807) is 6.07 Å². The maximum absolute atomic E-state index is 13.3. The number of rotatable bonds is 5. The van der Waals surface area contributed by atoms with Crippen LogP contribution in [0.15, 0.2) is 24.3 Å². The number of carbonyl (C=O) groups is 2. The Morgan fingerprint density at radius 3 is 2.90 bits per heavy atom. The van der Waals surface area contributed by atoms with Crippen molar-refractivity contribution in [2.45, 2.75) is 13.0 Å². The van der Waals surface area contributed by atoms with Crippen molar-refractivity contribution in [1.82, 2.24) is 5.32 Å². The standard InChI is InChI=1S/C14H16FNO5/c1-14(13(18)19)8-20-6-11(14)16-12(17)7-21-10-5-3-2-4-9(10)15/h2-5,11H,6-8H2,1H3,(H,16,17)(H,18,19). The zero-order chi connectivity index (χ0) is 15.5. The van der Waals surface area contributed by atoms with Crippen LogP contribution in [-0.4, -0.2) is 42.8 Å². The maximum atomic E-state index is 13.3. The van der Waals surface area contributed by atoms with Crippen LogP contribution in [0.4, 0.5) is 4.39 Å². The number of amides is 1. The van der Waals surface area contributed by atoms with Crippen LogP contribution in [0.25, 0.3) is 0 Å². The van der Waals surface area contributed by atoms with E-state index < -0.39 is 35.8 Å². The second kappa shape index (κ2) is 6.09. The minimum atomic E-state index is -1.17. The lowest BCUT2D eigenvalue weighted by molar-refractivity contribution is -0.149. The molecule has 0 bridgehead atoms. The van der Waals surface area contributed by atoms with Gasteiger partial charge in [-0.2, -0.15) is 0 Å². The molecule has 2 unspecified atom stereocenters. The molecule has 0 saturated carbocycles. The van der Waals surface area contributed by atoms with Gasteiger partial charge < -0.3 is 19.9 Å². The van der Waals surface area contributed by atoms with Gasteiger partial charge in [-0.15, -0.1) is 0 Å². The Hall–Kier alpha value is -2.15. The van der Waals surface area contributed by atoms with E-state index in [9.17, 15) is 19.1 Å². The summed E-state index contributed by atoms with van der Waals surface area (Å²) in [6.45, 7) is 1.26. The van der Waals surface area contributed by atoms with E-state index in [1.165, 1.54) is 25.1 Å². The first-order valence-electron chi connectivity index (χ1n) is 6.41. The first-order valence-corrected chi connectivity index (χ1v) is 6.41. The van der Waals surface area contributed by atoms with Crippen LogP contribution in [0, 0.1) is 11.2 Å². The second-order valence-corrected chi connectivity index (χ2v) is 5.08. The van der Waals surface area contributed by atoms with Crippen LogP contribution < -0.4 is 10.1 Å². The summed E-state index contributed by atoms with van der Waals surface area (Å²) in [6.07, 6.45) is 0. The minimum absolute atomic E-state index is 0.0292. The lowest BCUT2D eigenvalue weighted by Crippen LogP contribution is -2.50. The highest BCUT2D eigenvalue weighted by molar-refractivity contribution is 5.81. The van der Waals surface area contributed by atoms with Gasteiger partial charge in [0, 0.05) is 0 Å². The van der Waals surface area contributed by atoms with Crippen LogP contribution in [0.5, 0.6) is 5.75 Å². The Morgan fingerprint density at radius 2 is 2.24 bits per heavy atom. The predicted molar refractivity (Wildman–Crippen MR) is 70.4 cm³/mol. The molecule has 114 valence electrons. The molecule has 2 rings (SSSR count). The molecule has 1 aromatic carbocycles. The zero-order valence-electron chi connectivity index (χ0n) is 11.5. The van der Waals surface area contributed by atoms with E-state index in [4.69, 9.17) is 9.47 Å². The summed E-state index contributed by atoms with van der Waals surface area (Å²) < 4.78 is 23.5. The fourth-order valence-corrected chi connectivity index (χ4v) is 2.03. The number of carbonyl (C=O) groups excluding carboxylic acids is 1. The second-order valence-electron chi connectivity index (χ2n) is 5.08. The quantitative estimate of drug-likeness (QED) is 0.840. The van der Waals surface area contributed by atoms with Gasteiger partial charge in [-0.3, -0.25) is 9.59 Å². The van der Waals surface area contributed by atoms with Crippen LogP contribution >= 0.6 is 0 Å². The summed E-state index contributed by atoms with van der Waals surface area (Å²) in [5, 5.41) is 11.7. The normalized spacial score (nSPS) is 24.6. The molecule has 1 saturated heterocycles. The Kier molecular flexibility index (Phi) is 4.42. The molecule has 1 aliphatic rings. The molecule has 0 radical (unpaired) electrons. The Bertz CT molecular complexity index is 550. The molecule has 1 aromatic rings. The lowest BCUT2D eigenvalue weighted by Gasteiger charge is -2.25. The van der Waals surface area contributed by atoms with E-state index >= 15 is 0 Å². The van der Waals surface area contributed by atoms with Gasteiger partial charge >= 0.3 is 5.97 Å². The number of hydrogen-bond donors (Lipinski definition) is 2. The van der Waals surface area contributed by atoms with Crippen molar-refractivity contribution < 1.29 is 28.6 Å². The van der Waals surface area contributed by atoms with Gasteiger partial charge in [-0.25, -0.2) is 4.39 Å². The van der Waals surface area contributed by atoms with Crippen molar-refractivity contribution in [1.29, 1.82) is 0 Å². The summed E-state index contributed by atoms with van der Waals surface area (Å²) in [7, 11) is 0. The third-order valence-corrected chi connectivity index (χ3v) is 3.47. The van der Waals surface area contributed by atoms with Gasteiger partial charge in [0.1, 0.15) is 5.41 Å². The van der Waals surface area contributed by atoms with Crippen LogP contribution in [0.1, 0.15) is 6.92 Å². The van der Waals surface area contributed by atoms with Gasteiger partial charge in [0.05, 0.1) is 19.3 Å². The number of aliphatic carboxylic acids is 1. The van der Waals surface area contributed by atoms with E-state index in [0.29, 0.717) is 0 Å². The van der Waals surface area contributed by atoms with Crippen molar-refractivity contribution >= 4 is 11.9 Å². The third kappa shape index (κ3) is 3.30. The number of benzene rings is 1. The number of halogens is 1. The zero-order valence-corrected chi connectivity index (χ0v) is 11.5. The number of hydrogen-bond acceptors (Lipinski definition) is 4. The number of carboxylic acid groups (broad SMARTS) is 1. The molecular weight excluding hydrogens is 281 g/mol. The average Bonchev–Trinajstić information content (AvgIpc) is 2.81. The van der Waals surface area contributed by atoms with Gasteiger partial charge in [0.2, 0.25) is 0 Å². The summed E-state index contributed by atoms with van der Waals surface area (Å²) >= 11 is 0. The smallest absolute Gasteiger partial charge is 0.313 e. The first kappa shape index (κ1) is 15.2. The van der Waals surface area contributed by atoms with Gasteiger partial charge in [-0.05, 0) is 19.1 Å². The topological polar surface area (TPSA) is 84.9 Å².